The van der Waals surface area contributed by atoms with Crippen LogP contribution in [-0.4, -0.2) is 26.7 Å². The van der Waals surface area contributed by atoms with Gasteiger partial charge < -0.3 is 25.0 Å². The monoisotopic (exact) mass is 471 g/mol. The molecule has 2 aromatic rings. The van der Waals surface area contributed by atoms with E-state index in [1.165, 1.54) is 0 Å². The van der Waals surface area contributed by atoms with Crippen LogP contribution >= 0.6 is 0 Å². The van der Waals surface area contributed by atoms with Crippen LogP contribution in [0, 0.1) is 6.08 Å². The molecule has 2 aromatic carbocycles. The van der Waals surface area contributed by atoms with Crippen molar-refractivity contribution in [1.29, 1.82) is 0 Å². The van der Waals surface area contributed by atoms with Crippen molar-refractivity contribution < 1.29 is 44.8 Å². The van der Waals surface area contributed by atoms with E-state index >= 15 is 0 Å². The fraction of sp³-hybridized carbons (Fsp3) is 0.188. The summed E-state index contributed by atoms with van der Waals surface area (Å²) in [6.07, 6.45) is 2.09. The molecule has 0 saturated carbocycles. The van der Waals surface area contributed by atoms with Gasteiger partial charge in [0, 0.05) is 28.2 Å². The van der Waals surface area contributed by atoms with E-state index in [0.717, 1.165) is 16.5 Å². The molecule has 0 bridgehead atoms. The number of hydrogen-bond acceptors (Lipinski definition) is 5. The van der Waals surface area contributed by atoms with Gasteiger partial charge in [-0.25, -0.2) is 0 Å². The number of benzene rings is 2. The molecule has 22 heavy (non-hydrogen) atoms. The second-order valence-corrected chi connectivity index (χ2v) is 4.09. The third-order valence-corrected chi connectivity index (χ3v) is 2.69. The molecular weight excluding hydrogens is 456 g/mol. The summed E-state index contributed by atoms with van der Waals surface area (Å²) in [6.45, 7) is 3.21. The third kappa shape index (κ3) is 5.17. The van der Waals surface area contributed by atoms with Gasteiger partial charge in [0.15, 0.2) is 12.8 Å². The minimum atomic E-state index is -0.643. The number of esters is 1. The molecule has 0 aliphatic rings. The molecular formula is C16H15O5W-. The zero-order valence-electron chi connectivity index (χ0n) is 12.0. The Kier molecular flexibility index (Phi) is 7.64. The zero-order valence-corrected chi connectivity index (χ0v) is 15.0. The fourth-order valence-electron chi connectivity index (χ4n) is 1.71. The Morgan fingerprint density at radius 1 is 1.05 bits per heavy atom. The average molecular weight is 471 g/mol. The molecule has 0 amide bonds. The van der Waals surface area contributed by atoms with Crippen molar-refractivity contribution in [2.24, 2.45) is 0 Å². The smallest absolute Gasteiger partial charge is 0.231 e. The molecule has 2 rings (SSSR count). The van der Waals surface area contributed by atoms with Crippen LogP contribution in [-0.2, 0) is 35.3 Å². The van der Waals surface area contributed by atoms with Gasteiger partial charge in [-0.05, 0) is 35.0 Å². The van der Waals surface area contributed by atoms with E-state index in [2.05, 4.69) is 12.7 Å². The predicted octanol–water partition coefficient (Wildman–Crippen LogP) is 2.69. The summed E-state index contributed by atoms with van der Waals surface area (Å²) in [5.41, 5.74) is 0. The molecule has 0 atom stereocenters. The van der Waals surface area contributed by atoms with Crippen molar-refractivity contribution in [2.75, 3.05) is 20.7 Å². The Morgan fingerprint density at radius 3 is 2.09 bits per heavy atom. The molecule has 0 unspecified atom stereocenters. The summed E-state index contributed by atoms with van der Waals surface area (Å²) < 4.78 is 20.3. The van der Waals surface area contributed by atoms with E-state index in [1.807, 2.05) is 30.3 Å². The van der Waals surface area contributed by atoms with Gasteiger partial charge in [-0.1, -0.05) is 12.1 Å². The van der Waals surface area contributed by atoms with E-state index in [9.17, 15) is 4.79 Å². The zero-order chi connectivity index (χ0) is 15.1. The van der Waals surface area contributed by atoms with Gasteiger partial charge in [-0.2, -0.15) is 0 Å². The van der Waals surface area contributed by atoms with E-state index in [4.69, 9.17) is 18.9 Å². The molecule has 0 saturated heterocycles. The van der Waals surface area contributed by atoms with Crippen LogP contribution < -0.4 is 9.47 Å². The van der Waals surface area contributed by atoms with Gasteiger partial charge in [-0.15, -0.1) is 0 Å². The van der Waals surface area contributed by atoms with Crippen molar-refractivity contribution in [1.82, 2.24) is 0 Å². The van der Waals surface area contributed by atoms with E-state index < -0.39 is 5.97 Å². The second-order valence-electron chi connectivity index (χ2n) is 4.09. The van der Waals surface area contributed by atoms with Gasteiger partial charge in [0.1, 0.15) is 11.5 Å². The standard InChI is InChI=1S/C16H15O5.W/c1-3-16(17)21-11-20-15-7-5-12-8-14(19-10-18-2)6-4-13(12)9-15;/h4-9H,1,10-11H2,2H3;/q-1;. The molecule has 0 N–H and O–H groups in total. The summed E-state index contributed by atoms with van der Waals surface area (Å²) in [5, 5.41) is 1.99. The average Bonchev–Trinajstić information content (AvgIpc) is 2.52. The van der Waals surface area contributed by atoms with E-state index in [1.54, 1.807) is 13.2 Å². The van der Waals surface area contributed by atoms with Crippen molar-refractivity contribution in [3.63, 3.8) is 0 Å². The number of hydrogen-bond donors (Lipinski definition) is 0. The second kappa shape index (κ2) is 9.23. The number of ether oxygens (including phenoxy) is 4. The molecule has 0 aliphatic heterocycles. The Hall–Kier alpha value is -1.84. The first-order valence-corrected chi connectivity index (χ1v) is 6.21. The Bertz CT molecular complexity index is 641. The van der Waals surface area contributed by atoms with E-state index in [0.29, 0.717) is 5.75 Å². The van der Waals surface area contributed by atoms with Crippen LogP contribution in [0.1, 0.15) is 0 Å². The minimum Gasteiger partial charge on any atom is -0.468 e. The van der Waals surface area contributed by atoms with Gasteiger partial charge in [-0.3, -0.25) is 11.4 Å². The molecule has 0 spiro atoms. The van der Waals surface area contributed by atoms with Gasteiger partial charge >= 0.3 is 0 Å². The fourth-order valence-corrected chi connectivity index (χ4v) is 1.71. The molecule has 0 aliphatic carbocycles. The van der Waals surface area contributed by atoms with Crippen LogP contribution in [0.15, 0.2) is 43.0 Å². The van der Waals surface area contributed by atoms with Crippen molar-refractivity contribution in [3.05, 3.63) is 49.1 Å². The number of carbonyl (C=O) groups excluding carboxylic acids is 1. The van der Waals surface area contributed by atoms with Crippen LogP contribution in [0.3, 0.4) is 0 Å². The normalized spacial score (nSPS) is 9.68. The van der Waals surface area contributed by atoms with Crippen molar-refractivity contribution in [3.8, 4) is 11.5 Å². The van der Waals surface area contributed by atoms with E-state index in [-0.39, 0.29) is 34.7 Å². The summed E-state index contributed by atoms with van der Waals surface area (Å²) in [5.74, 6) is 0.689. The largest absolute Gasteiger partial charge is 0.468 e. The summed E-state index contributed by atoms with van der Waals surface area (Å²) in [7, 11) is 1.57. The molecule has 0 aromatic heterocycles. The first-order valence-electron chi connectivity index (χ1n) is 6.21. The van der Waals surface area contributed by atoms with Crippen molar-refractivity contribution in [2.45, 2.75) is 0 Å². The maximum Gasteiger partial charge on any atom is 0.231 e. The summed E-state index contributed by atoms with van der Waals surface area (Å²) >= 11 is 0. The Labute approximate surface area is 143 Å². The molecule has 5 nitrogen and oxygen atoms in total. The predicted molar refractivity (Wildman–Crippen MR) is 76.9 cm³/mol. The Balaban J connectivity index is 0.00000242. The maximum atomic E-state index is 10.8. The summed E-state index contributed by atoms with van der Waals surface area (Å²) in [6, 6.07) is 11.2. The number of fused-ring (bicyclic) bond motifs is 1. The number of methoxy groups -OCH3 is 1. The van der Waals surface area contributed by atoms with Crippen LogP contribution in [0.25, 0.3) is 10.8 Å². The SMILES string of the molecule is C=[C-]C(=O)OCOc1ccc2cc(OCOC)ccc2c1.[W]. The molecule has 6 heteroatoms. The van der Waals surface area contributed by atoms with Crippen molar-refractivity contribution >= 4 is 16.7 Å². The van der Waals surface area contributed by atoms with Gasteiger partial charge in [0.2, 0.25) is 6.79 Å². The quantitative estimate of drug-likeness (QED) is 0.269. The maximum absolute atomic E-state index is 10.8. The van der Waals surface area contributed by atoms with Crippen LogP contribution in [0.2, 0.25) is 0 Å². The molecule has 116 valence electrons. The molecule has 0 heterocycles. The third-order valence-electron chi connectivity index (χ3n) is 2.69. The Morgan fingerprint density at radius 2 is 1.59 bits per heavy atom. The minimum absolute atomic E-state index is 0. The first-order chi connectivity index (χ1) is 10.2. The van der Waals surface area contributed by atoms with Crippen LogP contribution in [0.4, 0.5) is 0 Å². The molecule has 0 fully saturated rings. The number of rotatable bonds is 7. The topological polar surface area (TPSA) is 54.0 Å². The van der Waals surface area contributed by atoms with Crippen LogP contribution in [0.5, 0.6) is 11.5 Å². The first kappa shape index (κ1) is 18.2. The molecule has 0 radical (unpaired) electrons. The summed E-state index contributed by atoms with van der Waals surface area (Å²) in [4.78, 5) is 10.8. The van der Waals surface area contributed by atoms with Gasteiger partial charge in [0.05, 0.1) is 0 Å². The number of carbonyl (C=O) groups is 1. The van der Waals surface area contributed by atoms with Gasteiger partial charge in [0.25, 0.3) is 0 Å².